The van der Waals surface area contributed by atoms with Crippen molar-refractivity contribution in [3.05, 3.63) is 0 Å². The lowest BCUT2D eigenvalue weighted by Gasteiger charge is -2.22. The number of nitrogens with zero attached hydrogens (tertiary/aromatic N) is 1. The Bertz CT molecular complexity index is 271. The third kappa shape index (κ3) is 6.20. The number of alkyl halides is 3. The van der Waals surface area contributed by atoms with E-state index in [0.717, 1.165) is 6.26 Å². The third-order valence-electron chi connectivity index (χ3n) is 1.39. The smallest absolute Gasteiger partial charge is 0.213 e. The van der Waals surface area contributed by atoms with Gasteiger partial charge in [-0.3, -0.25) is 0 Å². The van der Waals surface area contributed by atoms with Gasteiger partial charge in [0.05, 0.1) is 6.26 Å². The van der Waals surface area contributed by atoms with Crippen molar-refractivity contribution in [2.45, 2.75) is 20.0 Å². The van der Waals surface area contributed by atoms with Crippen LogP contribution in [0.2, 0.25) is 0 Å². The first-order valence-corrected chi connectivity index (χ1v) is 5.89. The molecule has 0 radical (unpaired) electrons. The normalized spacial score (nSPS) is 14.0. The van der Waals surface area contributed by atoms with E-state index in [2.05, 4.69) is 0 Å². The van der Waals surface area contributed by atoms with E-state index in [4.69, 9.17) is 0 Å². The fraction of sp³-hybridized carbons (Fsp3) is 1.00. The van der Waals surface area contributed by atoms with Crippen LogP contribution in [0.3, 0.4) is 0 Å². The quantitative estimate of drug-likeness (QED) is 0.737. The average Bonchev–Trinajstić information content (AvgIpc) is 1.78. The first-order valence-electron chi connectivity index (χ1n) is 4.04. The highest BCUT2D eigenvalue weighted by molar-refractivity contribution is 7.88. The molecule has 0 aliphatic carbocycles. The van der Waals surface area contributed by atoms with Gasteiger partial charge in [0, 0.05) is 6.54 Å². The lowest BCUT2D eigenvalue weighted by atomic mass is 10.2. The average molecular weight is 233 g/mol. The van der Waals surface area contributed by atoms with Crippen molar-refractivity contribution < 1.29 is 21.6 Å². The van der Waals surface area contributed by atoms with E-state index < -0.39 is 22.7 Å². The van der Waals surface area contributed by atoms with Crippen LogP contribution < -0.4 is 0 Å². The molecule has 3 nitrogen and oxygen atoms in total. The summed E-state index contributed by atoms with van der Waals surface area (Å²) < 4.78 is 58.3. The molecule has 0 aromatic carbocycles. The maximum absolute atomic E-state index is 12.0. The van der Waals surface area contributed by atoms with Crippen LogP contribution in [0.25, 0.3) is 0 Å². The Balaban J connectivity index is 4.59. The Morgan fingerprint density at radius 1 is 1.29 bits per heavy atom. The van der Waals surface area contributed by atoms with Crippen LogP contribution in [-0.2, 0) is 10.0 Å². The summed E-state index contributed by atoms with van der Waals surface area (Å²) in [7, 11) is -3.78. The summed E-state index contributed by atoms with van der Waals surface area (Å²) in [5.41, 5.74) is 0. The van der Waals surface area contributed by atoms with Crippen molar-refractivity contribution in [3.63, 3.8) is 0 Å². The molecule has 0 aromatic rings. The number of halogens is 3. The molecule has 0 saturated heterocycles. The van der Waals surface area contributed by atoms with Crippen molar-refractivity contribution in [3.8, 4) is 0 Å². The van der Waals surface area contributed by atoms with Gasteiger partial charge >= 0.3 is 6.18 Å². The van der Waals surface area contributed by atoms with Gasteiger partial charge in [-0.05, 0) is 5.92 Å². The van der Waals surface area contributed by atoms with Gasteiger partial charge in [-0.2, -0.15) is 17.5 Å². The molecule has 0 unspecified atom stereocenters. The van der Waals surface area contributed by atoms with Crippen LogP contribution in [0.15, 0.2) is 0 Å². The van der Waals surface area contributed by atoms with E-state index in [-0.39, 0.29) is 12.5 Å². The topological polar surface area (TPSA) is 37.4 Å². The van der Waals surface area contributed by atoms with Crippen molar-refractivity contribution in [2.75, 3.05) is 19.3 Å². The highest BCUT2D eigenvalue weighted by Gasteiger charge is 2.34. The van der Waals surface area contributed by atoms with Gasteiger partial charge in [0.2, 0.25) is 10.0 Å². The summed E-state index contributed by atoms with van der Waals surface area (Å²) >= 11 is 0. The van der Waals surface area contributed by atoms with Crippen molar-refractivity contribution in [1.82, 2.24) is 4.31 Å². The molecule has 0 N–H and O–H groups in total. The molecule has 0 amide bonds. The van der Waals surface area contributed by atoms with Crippen molar-refractivity contribution >= 4 is 10.0 Å². The van der Waals surface area contributed by atoms with Gasteiger partial charge < -0.3 is 0 Å². The summed E-state index contributed by atoms with van der Waals surface area (Å²) in [6.07, 6.45) is -3.71. The van der Waals surface area contributed by atoms with Crippen LogP contribution in [0, 0.1) is 5.92 Å². The van der Waals surface area contributed by atoms with E-state index in [0.29, 0.717) is 4.31 Å². The molecule has 0 fully saturated rings. The molecule has 0 bridgehead atoms. The summed E-state index contributed by atoms with van der Waals surface area (Å²) in [5.74, 6) is -0.132. The minimum Gasteiger partial charge on any atom is -0.213 e. The Morgan fingerprint density at radius 3 is 1.93 bits per heavy atom. The van der Waals surface area contributed by atoms with Crippen LogP contribution >= 0.6 is 0 Å². The molecule has 14 heavy (non-hydrogen) atoms. The minimum atomic E-state index is -4.49. The standard InChI is InChI=1S/C7H14F3NO2S/c1-6(2)4-11(14(3,12)13)5-7(8,9)10/h6H,4-5H2,1-3H3. The van der Waals surface area contributed by atoms with Gasteiger partial charge in [-0.25, -0.2) is 8.42 Å². The van der Waals surface area contributed by atoms with E-state index in [1.165, 1.54) is 0 Å². The van der Waals surface area contributed by atoms with Gasteiger partial charge in [0.25, 0.3) is 0 Å². The van der Waals surface area contributed by atoms with Gasteiger partial charge in [-0.1, -0.05) is 13.8 Å². The largest absolute Gasteiger partial charge is 0.402 e. The molecule has 0 atom stereocenters. The van der Waals surface area contributed by atoms with Crippen LogP contribution in [0.5, 0.6) is 0 Å². The zero-order valence-corrected chi connectivity index (χ0v) is 9.11. The second-order valence-corrected chi connectivity index (χ2v) is 5.55. The zero-order valence-electron chi connectivity index (χ0n) is 8.30. The first kappa shape index (κ1) is 13.7. The third-order valence-corrected chi connectivity index (χ3v) is 2.61. The molecule has 0 saturated carbocycles. The fourth-order valence-electron chi connectivity index (χ4n) is 0.924. The Morgan fingerprint density at radius 2 is 1.71 bits per heavy atom. The summed E-state index contributed by atoms with van der Waals surface area (Å²) in [6.45, 7) is 1.80. The molecule has 0 heterocycles. The highest BCUT2D eigenvalue weighted by Crippen LogP contribution is 2.18. The Kier molecular flexibility index (Phi) is 4.38. The molecule has 0 rings (SSSR count). The number of rotatable bonds is 4. The maximum atomic E-state index is 12.0. The first-order chi connectivity index (χ1) is 6.02. The highest BCUT2D eigenvalue weighted by atomic mass is 32.2. The molecule has 0 aromatic heterocycles. The van der Waals surface area contributed by atoms with E-state index >= 15 is 0 Å². The monoisotopic (exact) mass is 233 g/mol. The molecule has 7 heteroatoms. The van der Waals surface area contributed by atoms with E-state index in [1.54, 1.807) is 13.8 Å². The van der Waals surface area contributed by atoms with E-state index in [9.17, 15) is 21.6 Å². The van der Waals surface area contributed by atoms with Gasteiger partial charge in [0.15, 0.2) is 0 Å². The van der Waals surface area contributed by atoms with Gasteiger partial charge in [-0.15, -0.1) is 0 Å². The minimum absolute atomic E-state index is 0.113. The Labute approximate surface area is 81.9 Å². The summed E-state index contributed by atoms with van der Waals surface area (Å²) in [6, 6.07) is 0. The predicted octanol–water partition coefficient (Wildman–Crippen LogP) is 1.47. The van der Waals surface area contributed by atoms with E-state index in [1.807, 2.05) is 0 Å². The number of sulfonamides is 1. The van der Waals surface area contributed by atoms with Crippen LogP contribution in [0.1, 0.15) is 13.8 Å². The predicted molar refractivity (Wildman–Crippen MR) is 47.3 cm³/mol. The summed E-state index contributed by atoms with van der Waals surface area (Å²) in [5, 5.41) is 0. The van der Waals surface area contributed by atoms with Crippen LogP contribution in [-0.4, -0.2) is 38.2 Å². The fourth-order valence-corrected chi connectivity index (χ4v) is 1.87. The molecule has 0 aliphatic rings. The molecular formula is C7H14F3NO2S. The molecule has 0 aliphatic heterocycles. The lowest BCUT2D eigenvalue weighted by molar-refractivity contribution is -0.136. The second-order valence-electron chi connectivity index (χ2n) is 3.56. The summed E-state index contributed by atoms with van der Waals surface area (Å²) in [4.78, 5) is 0. The molecule has 86 valence electrons. The lowest BCUT2D eigenvalue weighted by Crippen LogP contribution is -2.40. The number of hydrogen-bond acceptors (Lipinski definition) is 2. The zero-order chi connectivity index (χ0) is 11.6. The molecular weight excluding hydrogens is 219 g/mol. The van der Waals surface area contributed by atoms with Gasteiger partial charge in [0.1, 0.15) is 6.54 Å². The second kappa shape index (κ2) is 4.48. The maximum Gasteiger partial charge on any atom is 0.402 e. The Hall–Kier alpha value is -0.300. The molecule has 0 spiro atoms. The van der Waals surface area contributed by atoms with Crippen molar-refractivity contribution in [1.29, 1.82) is 0 Å². The van der Waals surface area contributed by atoms with Crippen molar-refractivity contribution in [2.24, 2.45) is 5.92 Å². The van der Waals surface area contributed by atoms with Crippen LogP contribution in [0.4, 0.5) is 13.2 Å². The number of hydrogen-bond donors (Lipinski definition) is 0. The SMILES string of the molecule is CC(C)CN(CC(F)(F)F)S(C)(=O)=O.